The largest absolute Gasteiger partial charge is 0.380 e. The van der Waals surface area contributed by atoms with E-state index >= 15 is 0 Å². The summed E-state index contributed by atoms with van der Waals surface area (Å²) in [5, 5.41) is 3.59. The zero-order valence-electron chi connectivity index (χ0n) is 9.71. The average molecular weight is 212 g/mol. The molecule has 15 heavy (non-hydrogen) atoms. The smallest absolute Gasteiger partial charge is 0.0619 e. The number of rotatable bonds is 5. The number of hydrogen-bond donors (Lipinski definition) is 1. The molecule has 0 radical (unpaired) electrons. The molecule has 2 aliphatic heterocycles. The molecule has 3 heteroatoms. The maximum Gasteiger partial charge on any atom is 0.0619 e. The minimum atomic E-state index is 0.623. The highest BCUT2D eigenvalue weighted by Crippen LogP contribution is 2.08. The molecule has 1 atom stereocenters. The Balaban J connectivity index is 1.47. The molecule has 3 nitrogen and oxygen atoms in total. The molecule has 2 fully saturated rings. The Kier molecular flexibility index (Phi) is 4.90. The van der Waals surface area contributed by atoms with E-state index in [0.29, 0.717) is 6.04 Å². The summed E-state index contributed by atoms with van der Waals surface area (Å²) in [6.07, 6.45) is 6.62. The van der Waals surface area contributed by atoms with E-state index in [1.165, 1.54) is 51.7 Å². The number of likely N-dealkylation sites (tertiary alicyclic amines) is 1. The lowest BCUT2D eigenvalue weighted by Gasteiger charge is -2.23. The van der Waals surface area contributed by atoms with Gasteiger partial charge in [-0.3, -0.25) is 0 Å². The van der Waals surface area contributed by atoms with E-state index in [2.05, 4.69) is 10.2 Å². The lowest BCUT2D eigenvalue weighted by Crippen LogP contribution is -2.38. The monoisotopic (exact) mass is 212 g/mol. The van der Waals surface area contributed by atoms with Crippen molar-refractivity contribution in [3.63, 3.8) is 0 Å². The summed E-state index contributed by atoms with van der Waals surface area (Å²) in [5.74, 6) is 0. The molecule has 0 amide bonds. The van der Waals surface area contributed by atoms with Crippen LogP contribution >= 0.6 is 0 Å². The van der Waals surface area contributed by atoms with E-state index in [4.69, 9.17) is 4.74 Å². The Bertz CT molecular complexity index is 163. The summed E-state index contributed by atoms with van der Waals surface area (Å²) in [6.45, 7) is 6.97. The molecule has 2 saturated heterocycles. The van der Waals surface area contributed by atoms with Crippen molar-refractivity contribution < 1.29 is 4.74 Å². The molecule has 0 aromatic rings. The Labute approximate surface area is 93.2 Å². The highest BCUT2D eigenvalue weighted by molar-refractivity contribution is 4.71. The second-order valence-corrected chi connectivity index (χ2v) is 4.77. The SMILES string of the molecule is C1COCC(NCCCN2CCCC2)C1. The molecule has 2 rings (SSSR count). The fourth-order valence-corrected chi connectivity index (χ4v) is 2.52. The standard InChI is InChI=1S/C12H24N2O/c1-2-8-14(7-1)9-4-6-13-12-5-3-10-15-11-12/h12-13H,1-11H2. The average Bonchev–Trinajstić information content (AvgIpc) is 2.79. The fourth-order valence-electron chi connectivity index (χ4n) is 2.52. The number of nitrogens with zero attached hydrogens (tertiary/aromatic N) is 1. The molecule has 0 aliphatic carbocycles. The van der Waals surface area contributed by atoms with E-state index in [9.17, 15) is 0 Å². The van der Waals surface area contributed by atoms with Crippen LogP contribution in [-0.4, -0.2) is 50.3 Å². The third-order valence-electron chi connectivity index (χ3n) is 3.44. The second kappa shape index (κ2) is 6.46. The second-order valence-electron chi connectivity index (χ2n) is 4.77. The van der Waals surface area contributed by atoms with Crippen molar-refractivity contribution in [2.24, 2.45) is 0 Å². The predicted molar refractivity (Wildman–Crippen MR) is 62.1 cm³/mol. The number of nitrogens with one attached hydrogen (secondary N) is 1. The minimum Gasteiger partial charge on any atom is -0.380 e. The molecule has 0 aromatic heterocycles. The third kappa shape index (κ3) is 4.09. The van der Waals surface area contributed by atoms with Crippen LogP contribution in [0.4, 0.5) is 0 Å². The van der Waals surface area contributed by atoms with E-state index in [1.807, 2.05) is 0 Å². The summed E-state index contributed by atoms with van der Waals surface area (Å²) in [6, 6.07) is 0.623. The van der Waals surface area contributed by atoms with Crippen molar-refractivity contribution in [3.8, 4) is 0 Å². The molecule has 0 aromatic carbocycles. The molecule has 1 N–H and O–H groups in total. The molecule has 2 aliphatic rings. The van der Waals surface area contributed by atoms with Crippen LogP contribution in [0, 0.1) is 0 Å². The van der Waals surface area contributed by atoms with Crippen LogP contribution < -0.4 is 5.32 Å². The van der Waals surface area contributed by atoms with E-state index in [-0.39, 0.29) is 0 Å². The topological polar surface area (TPSA) is 24.5 Å². The zero-order chi connectivity index (χ0) is 10.3. The van der Waals surface area contributed by atoms with Crippen molar-refractivity contribution >= 4 is 0 Å². The van der Waals surface area contributed by atoms with Gasteiger partial charge < -0.3 is 15.0 Å². The molecule has 0 spiro atoms. The highest BCUT2D eigenvalue weighted by Gasteiger charge is 2.13. The number of hydrogen-bond acceptors (Lipinski definition) is 3. The lowest BCUT2D eigenvalue weighted by molar-refractivity contribution is 0.0702. The molecule has 0 bridgehead atoms. The van der Waals surface area contributed by atoms with Gasteiger partial charge in [-0.05, 0) is 58.3 Å². The van der Waals surface area contributed by atoms with Gasteiger partial charge in [0.2, 0.25) is 0 Å². The highest BCUT2D eigenvalue weighted by atomic mass is 16.5. The van der Waals surface area contributed by atoms with Gasteiger partial charge in [-0.15, -0.1) is 0 Å². The first-order chi connectivity index (χ1) is 7.45. The first kappa shape index (κ1) is 11.4. The van der Waals surface area contributed by atoms with Gasteiger partial charge in [0, 0.05) is 12.6 Å². The molecular weight excluding hydrogens is 188 g/mol. The Morgan fingerprint density at radius 3 is 2.80 bits per heavy atom. The quantitative estimate of drug-likeness (QED) is 0.694. The van der Waals surface area contributed by atoms with Crippen LogP contribution in [0.1, 0.15) is 32.1 Å². The summed E-state index contributed by atoms with van der Waals surface area (Å²) in [7, 11) is 0. The van der Waals surface area contributed by atoms with Crippen LogP contribution in [0.5, 0.6) is 0 Å². The van der Waals surface area contributed by atoms with Crippen molar-refractivity contribution in [1.29, 1.82) is 0 Å². The Morgan fingerprint density at radius 1 is 1.20 bits per heavy atom. The molecule has 0 saturated carbocycles. The maximum atomic E-state index is 5.44. The summed E-state index contributed by atoms with van der Waals surface area (Å²) in [5.41, 5.74) is 0. The van der Waals surface area contributed by atoms with Crippen LogP contribution in [-0.2, 0) is 4.74 Å². The predicted octanol–water partition coefficient (Wildman–Crippen LogP) is 1.24. The minimum absolute atomic E-state index is 0.623. The summed E-state index contributed by atoms with van der Waals surface area (Å²) < 4.78 is 5.44. The van der Waals surface area contributed by atoms with Gasteiger partial charge >= 0.3 is 0 Å². The van der Waals surface area contributed by atoms with E-state index in [1.54, 1.807) is 0 Å². The van der Waals surface area contributed by atoms with E-state index in [0.717, 1.165) is 19.8 Å². The molecule has 1 unspecified atom stereocenters. The first-order valence-electron chi connectivity index (χ1n) is 6.48. The summed E-state index contributed by atoms with van der Waals surface area (Å²) in [4.78, 5) is 2.58. The van der Waals surface area contributed by atoms with Gasteiger partial charge in [0.05, 0.1) is 6.61 Å². The van der Waals surface area contributed by atoms with Gasteiger partial charge in [-0.1, -0.05) is 0 Å². The van der Waals surface area contributed by atoms with Crippen molar-refractivity contribution in [1.82, 2.24) is 10.2 Å². The van der Waals surface area contributed by atoms with Crippen molar-refractivity contribution in [3.05, 3.63) is 0 Å². The van der Waals surface area contributed by atoms with Crippen LogP contribution in [0.3, 0.4) is 0 Å². The van der Waals surface area contributed by atoms with Crippen LogP contribution in [0.2, 0.25) is 0 Å². The zero-order valence-corrected chi connectivity index (χ0v) is 9.71. The normalized spacial score (nSPS) is 28.4. The Hall–Kier alpha value is -0.120. The maximum absolute atomic E-state index is 5.44. The van der Waals surface area contributed by atoms with Crippen LogP contribution in [0.15, 0.2) is 0 Å². The van der Waals surface area contributed by atoms with Crippen molar-refractivity contribution in [2.45, 2.75) is 38.1 Å². The van der Waals surface area contributed by atoms with Gasteiger partial charge in [0.25, 0.3) is 0 Å². The third-order valence-corrected chi connectivity index (χ3v) is 3.44. The number of ether oxygens (including phenoxy) is 1. The molecule has 2 heterocycles. The van der Waals surface area contributed by atoms with Gasteiger partial charge in [0.1, 0.15) is 0 Å². The lowest BCUT2D eigenvalue weighted by atomic mass is 10.1. The molecule has 88 valence electrons. The van der Waals surface area contributed by atoms with E-state index < -0.39 is 0 Å². The fraction of sp³-hybridized carbons (Fsp3) is 1.00. The van der Waals surface area contributed by atoms with Gasteiger partial charge in [-0.2, -0.15) is 0 Å². The van der Waals surface area contributed by atoms with Gasteiger partial charge in [0.15, 0.2) is 0 Å². The van der Waals surface area contributed by atoms with Crippen LogP contribution in [0.25, 0.3) is 0 Å². The molecular formula is C12H24N2O. The first-order valence-corrected chi connectivity index (χ1v) is 6.48. The van der Waals surface area contributed by atoms with Crippen molar-refractivity contribution in [2.75, 3.05) is 39.4 Å². The Morgan fingerprint density at radius 2 is 2.07 bits per heavy atom. The summed E-state index contributed by atoms with van der Waals surface area (Å²) >= 11 is 0. The van der Waals surface area contributed by atoms with Gasteiger partial charge in [-0.25, -0.2) is 0 Å².